The summed E-state index contributed by atoms with van der Waals surface area (Å²) >= 11 is 0. The summed E-state index contributed by atoms with van der Waals surface area (Å²) in [5.74, 6) is -2.48. The Morgan fingerprint density at radius 3 is 2.12 bits per heavy atom. The number of carboxylic acid groups (broad SMARTS) is 1. The summed E-state index contributed by atoms with van der Waals surface area (Å²) in [7, 11) is 1.32. The highest BCUT2D eigenvalue weighted by Gasteiger charge is 2.33. The molecule has 0 saturated heterocycles. The summed E-state index contributed by atoms with van der Waals surface area (Å²) in [6.45, 7) is 0. The lowest BCUT2D eigenvalue weighted by Crippen LogP contribution is -2.48. The van der Waals surface area contributed by atoms with Gasteiger partial charge in [-0.3, -0.25) is 9.59 Å². The second kappa shape index (κ2) is 13.2. The van der Waals surface area contributed by atoms with Gasteiger partial charge >= 0.3 is 11.9 Å². The zero-order chi connectivity index (χ0) is 20.1. The molecule has 0 fully saturated rings. The number of carbonyl (C=O) groups is 3. The van der Waals surface area contributed by atoms with Crippen molar-refractivity contribution < 1.29 is 44.7 Å². The quantitative estimate of drug-likeness (QED) is 0.0924. The van der Waals surface area contributed by atoms with Crippen molar-refractivity contribution in [3.8, 4) is 0 Å². The van der Waals surface area contributed by atoms with Crippen molar-refractivity contribution in [1.82, 2.24) is 5.43 Å². The van der Waals surface area contributed by atoms with Crippen LogP contribution in [-0.4, -0.2) is 81.1 Å². The fourth-order valence-electron chi connectivity index (χ4n) is 1.88. The Kier molecular flexibility index (Phi) is 12.1. The molecule has 0 aliphatic heterocycles. The number of aliphatic carboxylic acids is 1. The summed E-state index contributed by atoms with van der Waals surface area (Å²) < 4.78 is 4.50. The van der Waals surface area contributed by atoms with Crippen LogP contribution in [0.3, 0.4) is 0 Å². The molecule has 6 N–H and O–H groups in total. The molecule has 0 bridgehead atoms. The Labute approximate surface area is 150 Å². The van der Waals surface area contributed by atoms with Crippen molar-refractivity contribution >= 4 is 24.1 Å². The first-order valence-electron chi connectivity index (χ1n) is 8.04. The molecule has 1 amide bonds. The highest BCUT2D eigenvalue weighted by atomic mass is 16.5. The maximum Gasteiger partial charge on any atom is 0.335 e. The van der Waals surface area contributed by atoms with Crippen molar-refractivity contribution in [2.24, 2.45) is 5.10 Å². The van der Waals surface area contributed by atoms with Crippen LogP contribution < -0.4 is 5.43 Å². The number of unbranched alkanes of at least 4 members (excludes halogenated alkanes) is 3. The van der Waals surface area contributed by atoms with Gasteiger partial charge in [-0.25, -0.2) is 10.2 Å². The number of carboxylic acids is 1. The SMILES string of the molecule is COC(=O)CCCCCCC(=O)N/N=C/[C@H](O)[C@@H](O)[C@@H](O)[C@H](O)C(=O)O. The van der Waals surface area contributed by atoms with E-state index in [0.717, 1.165) is 12.8 Å². The monoisotopic (exact) mass is 378 g/mol. The smallest absolute Gasteiger partial charge is 0.335 e. The predicted molar refractivity (Wildman–Crippen MR) is 88.0 cm³/mol. The van der Waals surface area contributed by atoms with Gasteiger partial charge in [0.15, 0.2) is 6.10 Å². The number of ether oxygens (including phenoxy) is 1. The maximum absolute atomic E-state index is 11.5. The maximum atomic E-state index is 11.5. The fourth-order valence-corrected chi connectivity index (χ4v) is 1.88. The molecule has 26 heavy (non-hydrogen) atoms. The molecular formula is C15H26N2O9. The molecule has 0 aromatic heterocycles. The largest absolute Gasteiger partial charge is 0.479 e. The summed E-state index contributed by atoms with van der Waals surface area (Å²) in [5.41, 5.74) is 2.10. The van der Waals surface area contributed by atoms with Crippen LogP contribution in [0.1, 0.15) is 38.5 Å². The second-order valence-electron chi connectivity index (χ2n) is 5.56. The van der Waals surface area contributed by atoms with Crippen LogP contribution in [0.4, 0.5) is 0 Å². The summed E-state index contributed by atoms with van der Waals surface area (Å²) in [5, 5.41) is 49.3. The van der Waals surface area contributed by atoms with Gasteiger partial charge in [0.05, 0.1) is 13.3 Å². The number of carbonyl (C=O) groups excluding carboxylic acids is 2. The average molecular weight is 378 g/mol. The lowest BCUT2D eigenvalue weighted by atomic mass is 10.0. The van der Waals surface area contributed by atoms with Gasteiger partial charge in [0.1, 0.15) is 18.3 Å². The zero-order valence-electron chi connectivity index (χ0n) is 14.4. The van der Waals surface area contributed by atoms with Crippen LogP contribution in [0, 0.1) is 0 Å². The van der Waals surface area contributed by atoms with E-state index in [9.17, 15) is 29.7 Å². The number of aliphatic hydroxyl groups is 4. The molecule has 0 unspecified atom stereocenters. The highest BCUT2D eigenvalue weighted by molar-refractivity contribution is 5.77. The number of methoxy groups -OCH3 is 1. The van der Waals surface area contributed by atoms with Crippen LogP contribution >= 0.6 is 0 Å². The van der Waals surface area contributed by atoms with Gasteiger partial charge in [0.25, 0.3) is 0 Å². The van der Waals surface area contributed by atoms with Gasteiger partial charge in [0.2, 0.25) is 5.91 Å². The number of hydrazone groups is 1. The summed E-state index contributed by atoms with van der Waals surface area (Å²) in [4.78, 5) is 32.9. The summed E-state index contributed by atoms with van der Waals surface area (Å²) in [6.07, 6.45) is -4.28. The number of amides is 1. The molecule has 150 valence electrons. The van der Waals surface area contributed by atoms with Crippen molar-refractivity contribution in [1.29, 1.82) is 0 Å². The standard InChI is InChI=1S/C15H26N2O9/c1-26-11(20)7-5-3-2-4-6-10(19)17-16-8-9(18)12(21)13(22)14(23)15(24)25/h8-9,12-14,18,21-23H,2-7H2,1H3,(H,17,19)(H,24,25)/b16-8+/t9-,12+,13+,14-/m0/s1. The van der Waals surface area contributed by atoms with Gasteiger partial charge in [0, 0.05) is 12.8 Å². The molecule has 0 spiro atoms. The zero-order valence-corrected chi connectivity index (χ0v) is 14.4. The molecule has 0 radical (unpaired) electrons. The van der Waals surface area contributed by atoms with Crippen molar-refractivity contribution in [3.05, 3.63) is 0 Å². The predicted octanol–water partition coefficient (Wildman–Crippen LogP) is -1.87. The number of nitrogens with one attached hydrogen (secondary N) is 1. The number of rotatable bonds is 13. The molecule has 0 aromatic carbocycles. The molecule has 0 aliphatic rings. The number of aliphatic hydroxyl groups excluding tert-OH is 4. The molecule has 4 atom stereocenters. The molecule has 11 nitrogen and oxygen atoms in total. The van der Waals surface area contributed by atoms with Crippen LogP contribution in [0.25, 0.3) is 0 Å². The highest BCUT2D eigenvalue weighted by Crippen LogP contribution is 2.06. The van der Waals surface area contributed by atoms with Crippen LogP contribution in [-0.2, 0) is 19.1 Å². The van der Waals surface area contributed by atoms with Crippen LogP contribution in [0.5, 0.6) is 0 Å². The molecular weight excluding hydrogens is 352 g/mol. The molecule has 0 saturated carbocycles. The van der Waals surface area contributed by atoms with Gasteiger partial charge < -0.3 is 30.3 Å². The molecule has 0 rings (SSSR count). The van der Waals surface area contributed by atoms with E-state index in [0.29, 0.717) is 25.5 Å². The van der Waals surface area contributed by atoms with Crippen LogP contribution in [0.2, 0.25) is 0 Å². The number of hydrogen-bond acceptors (Lipinski definition) is 9. The second-order valence-corrected chi connectivity index (χ2v) is 5.56. The normalized spacial score (nSPS) is 15.9. The lowest BCUT2D eigenvalue weighted by Gasteiger charge is -2.22. The number of nitrogens with zero attached hydrogens (tertiary/aromatic N) is 1. The van der Waals surface area contributed by atoms with E-state index in [2.05, 4.69) is 15.3 Å². The van der Waals surface area contributed by atoms with Crippen LogP contribution in [0.15, 0.2) is 5.10 Å². The minimum atomic E-state index is -2.28. The Morgan fingerprint density at radius 2 is 1.58 bits per heavy atom. The fraction of sp³-hybridized carbons (Fsp3) is 0.733. The minimum absolute atomic E-state index is 0.161. The van der Waals surface area contributed by atoms with Gasteiger partial charge in [-0.15, -0.1) is 0 Å². The number of hydrogen-bond donors (Lipinski definition) is 6. The van der Waals surface area contributed by atoms with E-state index in [1.807, 2.05) is 0 Å². The third kappa shape index (κ3) is 10.0. The Balaban J connectivity index is 3.99. The lowest BCUT2D eigenvalue weighted by molar-refractivity contribution is -0.160. The van der Waals surface area contributed by atoms with Gasteiger partial charge in [-0.05, 0) is 12.8 Å². The number of esters is 1. The van der Waals surface area contributed by atoms with E-state index in [-0.39, 0.29) is 12.4 Å². The first-order valence-corrected chi connectivity index (χ1v) is 8.04. The Morgan fingerprint density at radius 1 is 1.00 bits per heavy atom. The van der Waals surface area contributed by atoms with E-state index in [4.69, 9.17) is 10.2 Å². The van der Waals surface area contributed by atoms with Gasteiger partial charge in [-0.1, -0.05) is 12.8 Å². The van der Waals surface area contributed by atoms with E-state index < -0.39 is 36.3 Å². The van der Waals surface area contributed by atoms with Gasteiger partial charge in [-0.2, -0.15) is 5.10 Å². The molecule has 0 heterocycles. The molecule has 0 aliphatic carbocycles. The first kappa shape index (κ1) is 23.9. The van der Waals surface area contributed by atoms with E-state index in [1.165, 1.54) is 7.11 Å². The van der Waals surface area contributed by atoms with Crippen molar-refractivity contribution in [2.75, 3.05) is 7.11 Å². The first-order chi connectivity index (χ1) is 12.2. The third-order valence-electron chi connectivity index (χ3n) is 3.46. The third-order valence-corrected chi connectivity index (χ3v) is 3.46. The average Bonchev–Trinajstić information content (AvgIpc) is 2.61. The van der Waals surface area contributed by atoms with Crippen molar-refractivity contribution in [2.45, 2.75) is 62.9 Å². The van der Waals surface area contributed by atoms with Crippen molar-refractivity contribution in [3.63, 3.8) is 0 Å². The molecule has 0 aromatic rings. The summed E-state index contributed by atoms with van der Waals surface area (Å²) in [6, 6.07) is 0. The van der Waals surface area contributed by atoms with E-state index >= 15 is 0 Å². The topological polar surface area (TPSA) is 186 Å². The Hall–Kier alpha value is -2.08. The minimum Gasteiger partial charge on any atom is -0.479 e. The Bertz CT molecular complexity index is 484. The molecule has 11 heteroatoms. The van der Waals surface area contributed by atoms with E-state index in [1.54, 1.807) is 0 Å².